The molecule has 1 saturated heterocycles. The number of piperazine rings is 1. The van der Waals surface area contributed by atoms with E-state index in [2.05, 4.69) is 32.4 Å². The molecule has 0 unspecified atom stereocenters. The lowest BCUT2D eigenvalue weighted by Crippen LogP contribution is -2.45. The molecule has 0 radical (unpaired) electrons. The first-order valence-corrected chi connectivity index (χ1v) is 7.89. The zero-order valence-electron chi connectivity index (χ0n) is 13.1. The molecule has 1 aliphatic heterocycles. The second kappa shape index (κ2) is 7.49. The van der Waals surface area contributed by atoms with Crippen LogP contribution in [0.3, 0.4) is 0 Å². The fourth-order valence-electron chi connectivity index (χ4n) is 2.66. The zero-order chi connectivity index (χ0) is 15.2. The zero-order valence-corrected chi connectivity index (χ0v) is 13.1. The van der Waals surface area contributed by atoms with Gasteiger partial charge < -0.3 is 5.32 Å². The molecule has 2 aromatic rings. The molecule has 0 bridgehead atoms. The number of hydrogen-bond acceptors (Lipinski definition) is 5. The fourth-order valence-corrected chi connectivity index (χ4v) is 2.66. The maximum atomic E-state index is 4.56. The molecule has 22 heavy (non-hydrogen) atoms. The highest BCUT2D eigenvalue weighted by Gasteiger charge is 2.11. The van der Waals surface area contributed by atoms with Crippen molar-refractivity contribution in [3.63, 3.8) is 0 Å². The van der Waals surface area contributed by atoms with Gasteiger partial charge in [-0.1, -0.05) is 18.2 Å². The SMILES string of the molecule is CN(CCN1CCNCC1)Cc1cnn(-c2ccccc2)n1. The van der Waals surface area contributed by atoms with Crippen molar-refractivity contribution < 1.29 is 0 Å². The monoisotopic (exact) mass is 300 g/mol. The van der Waals surface area contributed by atoms with Gasteiger partial charge in [-0.05, 0) is 19.2 Å². The van der Waals surface area contributed by atoms with Crippen molar-refractivity contribution in [3.05, 3.63) is 42.2 Å². The molecule has 118 valence electrons. The molecular weight excluding hydrogens is 276 g/mol. The average molecular weight is 300 g/mol. The first kappa shape index (κ1) is 15.1. The summed E-state index contributed by atoms with van der Waals surface area (Å²) in [4.78, 5) is 6.51. The molecular formula is C16H24N6. The quantitative estimate of drug-likeness (QED) is 0.847. The second-order valence-corrected chi connectivity index (χ2v) is 5.79. The van der Waals surface area contributed by atoms with Gasteiger partial charge in [0, 0.05) is 45.8 Å². The van der Waals surface area contributed by atoms with Gasteiger partial charge in [0.05, 0.1) is 17.6 Å². The van der Waals surface area contributed by atoms with E-state index < -0.39 is 0 Å². The van der Waals surface area contributed by atoms with E-state index in [1.165, 1.54) is 0 Å². The van der Waals surface area contributed by atoms with E-state index in [4.69, 9.17) is 0 Å². The van der Waals surface area contributed by atoms with E-state index in [0.29, 0.717) is 0 Å². The van der Waals surface area contributed by atoms with Crippen LogP contribution in [0.25, 0.3) is 5.69 Å². The van der Waals surface area contributed by atoms with Gasteiger partial charge in [0.1, 0.15) is 0 Å². The fraction of sp³-hybridized carbons (Fsp3) is 0.500. The third kappa shape index (κ3) is 4.13. The van der Waals surface area contributed by atoms with Crippen LogP contribution in [-0.4, -0.2) is 71.1 Å². The van der Waals surface area contributed by atoms with Crippen LogP contribution in [0.2, 0.25) is 0 Å². The molecule has 0 amide bonds. The van der Waals surface area contributed by atoms with Gasteiger partial charge in [-0.15, -0.1) is 0 Å². The van der Waals surface area contributed by atoms with E-state index in [1.807, 2.05) is 36.5 Å². The van der Waals surface area contributed by atoms with Crippen molar-refractivity contribution in [1.29, 1.82) is 0 Å². The highest BCUT2D eigenvalue weighted by Crippen LogP contribution is 2.05. The van der Waals surface area contributed by atoms with Crippen LogP contribution >= 0.6 is 0 Å². The Balaban J connectivity index is 1.49. The molecule has 2 heterocycles. The van der Waals surface area contributed by atoms with Gasteiger partial charge in [-0.3, -0.25) is 9.80 Å². The topological polar surface area (TPSA) is 49.2 Å². The summed E-state index contributed by atoms with van der Waals surface area (Å²) in [5.74, 6) is 0. The molecule has 6 heteroatoms. The van der Waals surface area contributed by atoms with Crippen LogP contribution in [0.5, 0.6) is 0 Å². The number of likely N-dealkylation sites (N-methyl/N-ethyl adjacent to an activating group) is 1. The van der Waals surface area contributed by atoms with Crippen molar-refractivity contribution >= 4 is 0 Å². The third-order valence-electron chi connectivity index (χ3n) is 3.97. The lowest BCUT2D eigenvalue weighted by molar-refractivity contribution is 0.201. The summed E-state index contributed by atoms with van der Waals surface area (Å²) in [6.07, 6.45) is 1.86. The first-order valence-electron chi connectivity index (χ1n) is 7.89. The molecule has 0 spiro atoms. The van der Waals surface area contributed by atoms with Crippen LogP contribution in [0.1, 0.15) is 5.69 Å². The molecule has 1 aromatic heterocycles. The van der Waals surface area contributed by atoms with E-state index in [-0.39, 0.29) is 0 Å². The Morgan fingerprint density at radius 1 is 1.18 bits per heavy atom. The smallest absolute Gasteiger partial charge is 0.0971 e. The maximum absolute atomic E-state index is 4.56. The van der Waals surface area contributed by atoms with Crippen LogP contribution < -0.4 is 5.32 Å². The van der Waals surface area contributed by atoms with E-state index in [9.17, 15) is 0 Å². The Hall–Kier alpha value is -1.76. The minimum atomic E-state index is 0.832. The number of hydrogen-bond donors (Lipinski definition) is 1. The summed E-state index contributed by atoms with van der Waals surface area (Å²) < 4.78 is 0. The summed E-state index contributed by atoms with van der Waals surface area (Å²) in [5.41, 5.74) is 2.00. The molecule has 0 aliphatic carbocycles. The minimum Gasteiger partial charge on any atom is -0.314 e. The predicted molar refractivity (Wildman–Crippen MR) is 87.0 cm³/mol. The van der Waals surface area contributed by atoms with E-state index in [0.717, 1.165) is 57.2 Å². The van der Waals surface area contributed by atoms with Crippen LogP contribution in [-0.2, 0) is 6.54 Å². The normalized spacial score (nSPS) is 16.3. The van der Waals surface area contributed by atoms with Gasteiger partial charge in [-0.2, -0.15) is 15.0 Å². The minimum absolute atomic E-state index is 0.832. The van der Waals surface area contributed by atoms with Crippen molar-refractivity contribution in [3.8, 4) is 5.69 Å². The van der Waals surface area contributed by atoms with E-state index in [1.54, 1.807) is 4.80 Å². The third-order valence-corrected chi connectivity index (χ3v) is 3.97. The van der Waals surface area contributed by atoms with Crippen molar-refractivity contribution in [1.82, 2.24) is 30.1 Å². The lowest BCUT2D eigenvalue weighted by Gasteiger charge is -2.28. The second-order valence-electron chi connectivity index (χ2n) is 5.79. The summed E-state index contributed by atoms with van der Waals surface area (Å²) in [5, 5.41) is 12.3. The van der Waals surface area contributed by atoms with Crippen LogP contribution in [0, 0.1) is 0 Å². The van der Waals surface area contributed by atoms with Gasteiger partial charge in [-0.25, -0.2) is 0 Å². The lowest BCUT2D eigenvalue weighted by atomic mass is 10.3. The van der Waals surface area contributed by atoms with Crippen molar-refractivity contribution in [2.45, 2.75) is 6.54 Å². The van der Waals surface area contributed by atoms with Crippen molar-refractivity contribution in [2.75, 3.05) is 46.3 Å². The Kier molecular flexibility index (Phi) is 5.15. The summed E-state index contributed by atoms with van der Waals surface area (Å²) in [6.45, 7) is 7.52. The average Bonchev–Trinajstić information content (AvgIpc) is 3.03. The number of rotatable bonds is 6. The summed E-state index contributed by atoms with van der Waals surface area (Å²) in [7, 11) is 2.14. The molecule has 1 aliphatic rings. The van der Waals surface area contributed by atoms with E-state index >= 15 is 0 Å². The number of para-hydroxylation sites is 1. The standard InChI is InChI=1S/C16H24N6/c1-20(11-12-21-9-7-17-8-10-21)14-15-13-18-22(19-15)16-5-3-2-4-6-16/h2-6,13,17H,7-12,14H2,1H3. The molecule has 6 nitrogen and oxygen atoms in total. The summed E-state index contributed by atoms with van der Waals surface area (Å²) in [6, 6.07) is 10.0. The molecule has 3 rings (SSSR count). The van der Waals surface area contributed by atoms with Gasteiger partial charge >= 0.3 is 0 Å². The number of nitrogens with one attached hydrogen (secondary N) is 1. The molecule has 1 fully saturated rings. The Morgan fingerprint density at radius 3 is 2.73 bits per heavy atom. The largest absolute Gasteiger partial charge is 0.314 e. The molecule has 0 saturated carbocycles. The highest BCUT2D eigenvalue weighted by atomic mass is 15.5. The maximum Gasteiger partial charge on any atom is 0.0971 e. The molecule has 1 N–H and O–H groups in total. The van der Waals surface area contributed by atoms with Gasteiger partial charge in [0.25, 0.3) is 0 Å². The predicted octanol–water partition coefficient (Wildman–Crippen LogP) is 0.604. The molecule has 0 atom stereocenters. The number of benzene rings is 1. The Morgan fingerprint density at radius 2 is 1.95 bits per heavy atom. The van der Waals surface area contributed by atoms with Gasteiger partial charge in [0.15, 0.2) is 0 Å². The van der Waals surface area contributed by atoms with Crippen molar-refractivity contribution in [2.24, 2.45) is 0 Å². The Bertz CT molecular complexity index is 561. The summed E-state index contributed by atoms with van der Waals surface area (Å²) >= 11 is 0. The first-order chi connectivity index (χ1) is 10.8. The Labute approximate surface area is 131 Å². The van der Waals surface area contributed by atoms with Gasteiger partial charge in [0.2, 0.25) is 0 Å². The van der Waals surface area contributed by atoms with Crippen LogP contribution in [0.15, 0.2) is 36.5 Å². The van der Waals surface area contributed by atoms with Crippen LogP contribution in [0.4, 0.5) is 0 Å². The molecule has 1 aromatic carbocycles. The number of aromatic nitrogens is 3. The number of nitrogens with zero attached hydrogens (tertiary/aromatic N) is 5. The highest BCUT2D eigenvalue weighted by molar-refractivity contribution is 5.28.